The lowest BCUT2D eigenvalue weighted by Gasteiger charge is -2.34. The summed E-state index contributed by atoms with van der Waals surface area (Å²) < 4.78 is 0. The van der Waals surface area contributed by atoms with Gasteiger partial charge in [-0.15, -0.1) is 6.58 Å². The Morgan fingerprint density at radius 3 is 2.53 bits per heavy atom. The molecule has 0 aromatic rings. The van der Waals surface area contributed by atoms with Crippen LogP contribution in [0.5, 0.6) is 0 Å². The Hall–Kier alpha value is -0.830. The maximum absolute atomic E-state index is 12.2. The average molecular weight is 210 g/mol. The molecule has 0 heterocycles. The molecule has 0 aromatic heterocycles. The van der Waals surface area contributed by atoms with Crippen LogP contribution in [-0.4, -0.2) is 28.9 Å². The molecular formula is C12H22N2O. The third kappa shape index (κ3) is 2.59. The Balaban J connectivity index is 2.74. The van der Waals surface area contributed by atoms with E-state index in [0.717, 1.165) is 12.8 Å². The highest BCUT2D eigenvalue weighted by Crippen LogP contribution is 2.39. The number of carbonyl (C=O) groups is 1. The number of nitrogens with zero attached hydrogens (tertiary/aromatic N) is 1. The second-order valence-electron chi connectivity index (χ2n) is 4.90. The summed E-state index contributed by atoms with van der Waals surface area (Å²) in [6.45, 7) is 10.1. The molecule has 0 bridgehead atoms. The molecule has 1 amide bonds. The smallest absolute Gasteiger partial charge is 0.243 e. The monoisotopic (exact) mass is 210 g/mol. The topological polar surface area (TPSA) is 46.3 Å². The lowest BCUT2D eigenvalue weighted by Crippen LogP contribution is -2.56. The Kier molecular flexibility index (Phi) is 3.55. The number of nitrogens with two attached hydrogens (primary N) is 1. The molecule has 1 atom stereocenters. The fourth-order valence-corrected chi connectivity index (χ4v) is 1.83. The molecule has 0 spiro atoms. The second kappa shape index (κ2) is 4.35. The molecule has 3 heteroatoms. The van der Waals surface area contributed by atoms with Crippen LogP contribution in [0.25, 0.3) is 0 Å². The van der Waals surface area contributed by atoms with E-state index in [1.807, 2.05) is 20.8 Å². The van der Waals surface area contributed by atoms with Crippen molar-refractivity contribution < 1.29 is 4.79 Å². The van der Waals surface area contributed by atoms with Crippen LogP contribution in [0.1, 0.15) is 33.6 Å². The summed E-state index contributed by atoms with van der Waals surface area (Å²) in [5.41, 5.74) is 5.42. The maximum atomic E-state index is 12.2. The van der Waals surface area contributed by atoms with E-state index in [1.165, 1.54) is 0 Å². The largest absolute Gasteiger partial charge is 0.335 e. The Labute approximate surface area is 92.3 Å². The van der Waals surface area contributed by atoms with E-state index in [0.29, 0.717) is 12.5 Å². The molecule has 0 saturated heterocycles. The van der Waals surface area contributed by atoms with Crippen molar-refractivity contribution in [1.29, 1.82) is 0 Å². The zero-order valence-electron chi connectivity index (χ0n) is 9.99. The number of hydrogen-bond donors (Lipinski definition) is 1. The Morgan fingerprint density at radius 2 is 2.20 bits per heavy atom. The summed E-state index contributed by atoms with van der Waals surface area (Å²) in [5, 5.41) is 0. The highest BCUT2D eigenvalue weighted by molar-refractivity contribution is 5.86. The third-order valence-electron chi connectivity index (χ3n) is 3.10. The van der Waals surface area contributed by atoms with Crippen molar-refractivity contribution in [3.8, 4) is 0 Å². The SMILES string of the molecule is C=CCN(C(=O)C(C)(N)C1CC1)C(C)C. The van der Waals surface area contributed by atoms with Crippen molar-refractivity contribution in [3.63, 3.8) is 0 Å². The summed E-state index contributed by atoms with van der Waals surface area (Å²) in [6, 6.07) is 0.178. The van der Waals surface area contributed by atoms with Crippen LogP contribution < -0.4 is 5.73 Å². The van der Waals surface area contributed by atoms with E-state index in [9.17, 15) is 4.79 Å². The van der Waals surface area contributed by atoms with E-state index < -0.39 is 5.54 Å². The standard InChI is InChI=1S/C12H22N2O/c1-5-8-14(9(2)3)11(15)12(4,13)10-6-7-10/h5,9-10H,1,6-8,13H2,2-4H3. The first-order chi connectivity index (χ1) is 6.91. The first kappa shape index (κ1) is 12.2. The first-order valence-corrected chi connectivity index (χ1v) is 5.62. The molecule has 0 aromatic carbocycles. The number of carbonyl (C=O) groups excluding carboxylic acids is 1. The Morgan fingerprint density at radius 1 is 1.67 bits per heavy atom. The van der Waals surface area contributed by atoms with E-state index in [4.69, 9.17) is 5.73 Å². The van der Waals surface area contributed by atoms with Gasteiger partial charge < -0.3 is 10.6 Å². The molecule has 0 aliphatic heterocycles. The van der Waals surface area contributed by atoms with Crippen LogP contribution in [0.2, 0.25) is 0 Å². The highest BCUT2D eigenvalue weighted by Gasteiger charge is 2.46. The van der Waals surface area contributed by atoms with Crippen LogP contribution in [0.15, 0.2) is 12.7 Å². The van der Waals surface area contributed by atoms with Gasteiger partial charge in [0.2, 0.25) is 5.91 Å². The van der Waals surface area contributed by atoms with Gasteiger partial charge in [0.1, 0.15) is 0 Å². The Bertz CT molecular complexity index is 254. The third-order valence-corrected chi connectivity index (χ3v) is 3.10. The molecule has 15 heavy (non-hydrogen) atoms. The van der Waals surface area contributed by atoms with Gasteiger partial charge in [-0.25, -0.2) is 0 Å². The first-order valence-electron chi connectivity index (χ1n) is 5.62. The quantitative estimate of drug-likeness (QED) is 0.700. The molecule has 1 saturated carbocycles. The van der Waals surface area contributed by atoms with Crippen molar-refractivity contribution in [2.24, 2.45) is 11.7 Å². The molecule has 1 rings (SSSR count). The molecule has 1 fully saturated rings. The summed E-state index contributed by atoms with van der Waals surface area (Å²) in [5.74, 6) is 0.427. The maximum Gasteiger partial charge on any atom is 0.243 e. The number of rotatable bonds is 5. The van der Waals surface area contributed by atoms with Gasteiger partial charge in [-0.05, 0) is 39.5 Å². The van der Waals surface area contributed by atoms with E-state index in [2.05, 4.69) is 6.58 Å². The van der Waals surface area contributed by atoms with Gasteiger partial charge in [0, 0.05) is 12.6 Å². The van der Waals surface area contributed by atoms with E-state index in [1.54, 1.807) is 11.0 Å². The lowest BCUT2D eigenvalue weighted by molar-refractivity contribution is -0.138. The summed E-state index contributed by atoms with van der Waals surface area (Å²) >= 11 is 0. The predicted molar refractivity (Wildman–Crippen MR) is 62.4 cm³/mol. The van der Waals surface area contributed by atoms with Crippen LogP contribution in [0.3, 0.4) is 0 Å². The summed E-state index contributed by atoms with van der Waals surface area (Å²) in [4.78, 5) is 14.0. The zero-order chi connectivity index (χ0) is 11.6. The molecular weight excluding hydrogens is 188 g/mol. The molecule has 0 radical (unpaired) electrons. The van der Waals surface area contributed by atoms with Crippen LogP contribution in [0.4, 0.5) is 0 Å². The van der Waals surface area contributed by atoms with Crippen LogP contribution >= 0.6 is 0 Å². The minimum absolute atomic E-state index is 0.0555. The minimum atomic E-state index is -0.687. The number of hydrogen-bond acceptors (Lipinski definition) is 2. The van der Waals surface area contributed by atoms with Gasteiger partial charge in [0.05, 0.1) is 5.54 Å². The van der Waals surface area contributed by atoms with Gasteiger partial charge in [-0.2, -0.15) is 0 Å². The van der Waals surface area contributed by atoms with E-state index in [-0.39, 0.29) is 11.9 Å². The van der Waals surface area contributed by atoms with Crippen LogP contribution in [-0.2, 0) is 4.79 Å². The predicted octanol–water partition coefficient (Wildman–Crippen LogP) is 1.54. The second-order valence-corrected chi connectivity index (χ2v) is 4.90. The van der Waals surface area contributed by atoms with Gasteiger partial charge in [0.15, 0.2) is 0 Å². The van der Waals surface area contributed by atoms with Crippen molar-refractivity contribution >= 4 is 5.91 Å². The average Bonchev–Trinajstić information content (AvgIpc) is 2.95. The molecule has 86 valence electrons. The minimum Gasteiger partial charge on any atom is -0.335 e. The summed E-state index contributed by atoms with van der Waals surface area (Å²) in [6.07, 6.45) is 3.92. The van der Waals surface area contributed by atoms with Gasteiger partial charge in [-0.1, -0.05) is 6.08 Å². The van der Waals surface area contributed by atoms with Gasteiger partial charge >= 0.3 is 0 Å². The van der Waals surface area contributed by atoms with Crippen LogP contribution in [0, 0.1) is 5.92 Å². The van der Waals surface area contributed by atoms with Crippen molar-refractivity contribution in [2.75, 3.05) is 6.54 Å². The number of amides is 1. The van der Waals surface area contributed by atoms with E-state index >= 15 is 0 Å². The highest BCUT2D eigenvalue weighted by atomic mass is 16.2. The fourth-order valence-electron chi connectivity index (χ4n) is 1.83. The molecule has 1 aliphatic carbocycles. The fraction of sp³-hybridized carbons (Fsp3) is 0.750. The van der Waals surface area contributed by atoms with Gasteiger partial charge in [-0.3, -0.25) is 4.79 Å². The van der Waals surface area contributed by atoms with Crippen molar-refractivity contribution in [2.45, 2.75) is 45.2 Å². The molecule has 3 nitrogen and oxygen atoms in total. The zero-order valence-corrected chi connectivity index (χ0v) is 9.99. The van der Waals surface area contributed by atoms with Gasteiger partial charge in [0.25, 0.3) is 0 Å². The summed E-state index contributed by atoms with van der Waals surface area (Å²) in [7, 11) is 0. The van der Waals surface area contributed by atoms with Crippen molar-refractivity contribution in [1.82, 2.24) is 4.90 Å². The lowest BCUT2D eigenvalue weighted by atomic mass is 9.94. The molecule has 2 N–H and O–H groups in total. The van der Waals surface area contributed by atoms with Crippen molar-refractivity contribution in [3.05, 3.63) is 12.7 Å². The normalized spacial score (nSPS) is 19.8. The molecule has 1 aliphatic rings. The molecule has 1 unspecified atom stereocenters.